The van der Waals surface area contributed by atoms with Gasteiger partial charge in [0.05, 0.1) is 12.2 Å². The summed E-state index contributed by atoms with van der Waals surface area (Å²) in [4.78, 5) is 0. The molecule has 0 aliphatic carbocycles. The van der Waals surface area contributed by atoms with Gasteiger partial charge >= 0.3 is 0 Å². The fraction of sp³-hybridized carbons (Fsp3) is 0.500. The average molecular weight is 228 g/mol. The number of hydrogen-bond donors (Lipinski definition) is 2. The zero-order valence-corrected chi connectivity index (χ0v) is 9.27. The van der Waals surface area contributed by atoms with E-state index >= 15 is 0 Å². The normalized spacial score (nSPS) is 14.5. The van der Waals surface area contributed by atoms with E-state index in [1.807, 2.05) is 0 Å². The fourth-order valence-corrected chi connectivity index (χ4v) is 1.24. The first kappa shape index (κ1) is 12.9. The Morgan fingerprint density at radius 3 is 2.38 bits per heavy atom. The van der Waals surface area contributed by atoms with Gasteiger partial charge < -0.3 is 14.9 Å². The smallest absolute Gasteiger partial charge is 0.123 e. The summed E-state index contributed by atoms with van der Waals surface area (Å²) in [7, 11) is 0. The molecule has 0 amide bonds. The van der Waals surface area contributed by atoms with E-state index in [0.29, 0.717) is 18.6 Å². The highest BCUT2D eigenvalue weighted by Crippen LogP contribution is 2.12. The van der Waals surface area contributed by atoms with Crippen LogP contribution in [-0.4, -0.2) is 29.0 Å². The molecule has 2 N–H and O–H groups in total. The van der Waals surface area contributed by atoms with Crippen molar-refractivity contribution in [2.24, 2.45) is 0 Å². The Morgan fingerprint density at radius 1 is 1.19 bits per heavy atom. The third-order valence-electron chi connectivity index (χ3n) is 2.17. The Labute approximate surface area is 94.5 Å². The molecular formula is C12H17FO3. The molecule has 1 aromatic rings. The number of halogens is 1. The lowest BCUT2D eigenvalue weighted by Gasteiger charge is -2.13. The molecule has 1 rings (SSSR count). The monoisotopic (exact) mass is 228 g/mol. The molecule has 0 radical (unpaired) electrons. The van der Waals surface area contributed by atoms with Gasteiger partial charge in [-0.2, -0.15) is 0 Å². The Bertz CT molecular complexity index is 298. The number of rotatable bonds is 6. The van der Waals surface area contributed by atoms with Crippen molar-refractivity contribution in [1.82, 2.24) is 0 Å². The Morgan fingerprint density at radius 2 is 1.81 bits per heavy atom. The molecule has 1 aromatic carbocycles. The first-order valence-electron chi connectivity index (χ1n) is 5.32. The van der Waals surface area contributed by atoms with Crippen LogP contribution < -0.4 is 4.74 Å². The quantitative estimate of drug-likeness (QED) is 0.779. The van der Waals surface area contributed by atoms with E-state index < -0.39 is 12.2 Å². The molecule has 3 nitrogen and oxygen atoms in total. The van der Waals surface area contributed by atoms with Crippen LogP contribution in [0.5, 0.6) is 5.75 Å². The van der Waals surface area contributed by atoms with Gasteiger partial charge in [-0.05, 0) is 44.0 Å². The van der Waals surface area contributed by atoms with Crippen molar-refractivity contribution >= 4 is 0 Å². The lowest BCUT2D eigenvalue weighted by Crippen LogP contribution is -2.19. The van der Waals surface area contributed by atoms with Crippen molar-refractivity contribution in [3.05, 3.63) is 30.1 Å². The lowest BCUT2D eigenvalue weighted by atomic mass is 10.1. The predicted octanol–water partition coefficient (Wildman–Crippen LogP) is 1.73. The van der Waals surface area contributed by atoms with Gasteiger partial charge in [0.25, 0.3) is 0 Å². The molecule has 2 unspecified atom stereocenters. The van der Waals surface area contributed by atoms with E-state index in [0.717, 1.165) is 0 Å². The minimum atomic E-state index is -0.611. The molecule has 0 heterocycles. The minimum absolute atomic E-state index is 0.151. The second-order valence-electron chi connectivity index (χ2n) is 3.85. The highest BCUT2D eigenvalue weighted by molar-refractivity contribution is 5.22. The average Bonchev–Trinajstić information content (AvgIpc) is 2.25. The summed E-state index contributed by atoms with van der Waals surface area (Å²) in [5.74, 6) is 0.208. The highest BCUT2D eigenvalue weighted by Gasteiger charge is 2.07. The van der Waals surface area contributed by atoms with Crippen molar-refractivity contribution in [2.45, 2.75) is 32.0 Å². The van der Waals surface area contributed by atoms with Gasteiger partial charge in [-0.25, -0.2) is 4.39 Å². The van der Waals surface area contributed by atoms with Crippen LogP contribution in [0.1, 0.15) is 19.8 Å². The second-order valence-corrected chi connectivity index (χ2v) is 3.85. The highest BCUT2D eigenvalue weighted by atomic mass is 19.1. The molecule has 0 aromatic heterocycles. The molecule has 90 valence electrons. The maximum Gasteiger partial charge on any atom is 0.123 e. The summed E-state index contributed by atoms with van der Waals surface area (Å²) in [6.07, 6.45) is -0.00702. The molecule has 4 heteroatoms. The van der Waals surface area contributed by atoms with Crippen molar-refractivity contribution in [1.29, 1.82) is 0 Å². The third kappa shape index (κ3) is 5.09. The van der Waals surface area contributed by atoms with Crippen LogP contribution in [-0.2, 0) is 0 Å². The molecule has 0 saturated heterocycles. The Hall–Kier alpha value is -1.13. The van der Waals surface area contributed by atoms with Gasteiger partial charge in [0, 0.05) is 0 Å². The topological polar surface area (TPSA) is 49.7 Å². The van der Waals surface area contributed by atoms with Crippen molar-refractivity contribution < 1.29 is 19.3 Å². The molecule has 0 fully saturated rings. The summed E-state index contributed by atoms with van der Waals surface area (Å²) in [6.45, 7) is 1.83. The van der Waals surface area contributed by atoms with Gasteiger partial charge in [0.1, 0.15) is 18.2 Å². The van der Waals surface area contributed by atoms with Crippen LogP contribution >= 0.6 is 0 Å². The van der Waals surface area contributed by atoms with E-state index in [2.05, 4.69) is 0 Å². The summed E-state index contributed by atoms with van der Waals surface area (Å²) >= 11 is 0. The van der Waals surface area contributed by atoms with Crippen molar-refractivity contribution in [2.75, 3.05) is 6.61 Å². The first-order chi connectivity index (χ1) is 7.58. The van der Waals surface area contributed by atoms with Gasteiger partial charge in [-0.3, -0.25) is 0 Å². The second kappa shape index (κ2) is 6.45. The molecule has 0 aliphatic heterocycles. The Balaban J connectivity index is 2.26. The van der Waals surface area contributed by atoms with Crippen LogP contribution in [0.4, 0.5) is 4.39 Å². The SMILES string of the molecule is CC(O)CCC(O)COc1ccc(F)cc1. The van der Waals surface area contributed by atoms with Crippen molar-refractivity contribution in [3.8, 4) is 5.75 Å². The standard InChI is InChI=1S/C12H17FO3/c1-9(14)2-5-11(15)8-16-12-6-3-10(13)4-7-12/h3-4,6-7,9,11,14-15H,2,5,8H2,1H3. The van der Waals surface area contributed by atoms with Gasteiger partial charge in [0.2, 0.25) is 0 Å². The van der Waals surface area contributed by atoms with E-state index in [1.165, 1.54) is 24.3 Å². The molecule has 0 aliphatic rings. The molecule has 0 spiro atoms. The summed E-state index contributed by atoms with van der Waals surface area (Å²) in [5, 5.41) is 18.5. The Kier molecular flexibility index (Phi) is 5.22. The molecular weight excluding hydrogens is 211 g/mol. The molecule has 0 bridgehead atoms. The first-order valence-corrected chi connectivity index (χ1v) is 5.32. The van der Waals surface area contributed by atoms with Gasteiger partial charge in [0.15, 0.2) is 0 Å². The van der Waals surface area contributed by atoms with Crippen LogP contribution in [0.15, 0.2) is 24.3 Å². The van der Waals surface area contributed by atoms with Crippen LogP contribution in [0, 0.1) is 5.82 Å². The molecule has 0 saturated carbocycles. The summed E-state index contributed by atoms with van der Waals surface area (Å²) in [6, 6.07) is 5.63. The third-order valence-corrected chi connectivity index (χ3v) is 2.17. The number of hydrogen-bond acceptors (Lipinski definition) is 3. The van der Waals surface area contributed by atoms with Gasteiger partial charge in [-0.1, -0.05) is 0 Å². The maximum absolute atomic E-state index is 12.6. The number of ether oxygens (including phenoxy) is 1. The largest absolute Gasteiger partial charge is 0.491 e. The zero-order valence-electron chi connectivity index (χ0n) is 9.27. The lowest BCUT2D eigenvalue weighted by molar-refractivity contribution is 0.0809. The van der Waals surface area contributed by atoms with Gasteiger partial charge in [-0.15, -0.1) is 0 Å². The van der Waals surface area contributed by atoms with Crippen LogP contribution in [0.25, 0.3) is 0 Å². The van der Waals surface area contributed by atoms with Crippen LogP contribution in [0.3, 0.4) is 0 Å². The van der Waals surface area contributed by atoms with Crippen LogP contribution in [0.2, 0.25) is 0 Å². The van der Waals surface area contributed by atoms with E-state index in [1.54, 1.807) is 6.92 Å². The summed E-state index contributed by atoms with van der Waals surface area (Å²) < 4.78 is 17.8. The number of benzene rings is 1. The van der Waals surface area contributed by atoms with E-state index in [4.69, 9.17) is 9.84 Å². The molecule has 2 atom stereocenters. The van der Waals surface area contributed by atoms with E-state index in [-0.39, 0.29) is 12.4 Å². The number of aliphatic hydroxyl groups is 2. The fourth-order valence-electron chi connectivity index (χ4n) is 1.24. The van der Waals surface area contributed by atoms with Crippen molar-refractivity contribution in [3.63, 3.8) is 0 Å². The van der Waals surface area contributed by atoms with E-state index in [9.17, 15) is 9.50 Å². The zero-order chi connectivity index (χ0) is 12.0. The predicted molar refractivity (Wildman–Crippen MR) is 58.8 cm³/mol. The number of aliphatic hydroxyl groups excluding tert-OH is 2. The summed E-state index contributed by atoms with van der Waals surface area (Å²) in [5.41, 5.74) is 0. The molecule has 16 heavy (non-hydrogen) atoms. The minimum Gasteiger partial charge on any atom is -0.491 e. The maximum atomic E-state index is 12.6.